The maximum Gasteiger partial charge on any atom is 0.228 e. The van der Waals surface area contributed by atoms with Crippen LogP contribution in [-0.2, 0) is 14.8 Å². The molecular weight excluding hydrogens is 280 g/mol. The van der Waals surface area contributed by atoms with Gasteiger partial charge < -0.3 is 9.64 Å². The lowest BCUT2D eigenvalue weighted by Gasteiger charge is -2.19. The quantitative estimate of drug-likeness (QED) is 0.889. The number of aryl methyl sites for hydroxylation is 2. The van der Waals surface area contributed by atoms with E-state index in [-0.39, 0.29) is 18.9 Å². The van der Waals surface area contributed by atoms with Gasteiger partial charge in [0.2, 0.25) is 15.9 Å². The van der Waals surface area contributed by atoms with Gasteiger partial charge in [0.25, 0.3) is 0 Å². The van der Waals surface area contributed by atoms with Crippen LogP contribution in [0.25, 0.3) is 0 Å². The molecule has 0 spiro atoms. The SMILES string of the molecule is COc1c(C)cc(N2CC(S(N)(=O)=O)CC2=O)cc1C. The molecule has 110 valence electrons. The Hall–Kier alpha value is -1.60. The topological polar surface area (TPSA) is 89.7 Å². The molecule has 0 saturated carbocycles. The third-order valence-electron chi connectivity index (χ3n) is 3.52. The Labute approximate surface area is 118 Å². The molecule has 1 aliphatic rings. The Bertz CT molecular complexity index is 631. The van der Waals surface area contributed by atoms with E-state index in [1.165, 1.54) is 4.90 Å². The summed E-state index contributed by atoms with van der Waals surface area (Å²) >= 11 is 0. The molecule has 0 aliphatic carbocycles. The lowest BCUT2D eigenvalue weighted by Crippen LogP contribution is -2.32. The van der Waals surface area contributed by atoms with Gasteiger partial charge in [-0.2, -0.15) is 0 Å². The van der Waals surface area contributed by atoms with Crippen LogP contribution >= 0.6 is 0 Å². The summed E-state index contributed by atoms with van der Waals surface area (Å²) in [5.74, 6) is 0.538. The van der Waals surface area contributed by atoms with Gasteiger partial charge in [-0.1, -0.05) is 0 Å². The van der Waals surface area contributed by atoms with Gasteiger partial charge in [0.05, 0.1) is 7.11 Å². The molecule has 1 saturated heterocycles. The van der Waals surface area contributed by atoms with Crippen LogP contribution in [0.2, 0.25) is 0 Å². The van der Waals surface area contributed by atoms with Crippen molar-refractivity contribution in [3.8, 4) is 5.75 Å². The number of carbonyl (C=O) groups is 1. The molecule has 20 heavy (non-hydrogen) atoms. The smallest absolute Gasteiger partial charge is 0.228 e. The number of hydrogen-bond donors (Lipinski definition) is 1. The Kier molecular flexibility index (Phi) is 3.75. The average molecular weight is 298 g/mol. The fourth-order valence-corrected chi connectivity index (χ4v) is 3.28. The number of ether oxygens (including phenoxy) is 1. The van der Waals surface area contributed by atoms with Crippen molar-refractivity contribution in [2.24, 2.45) is 5.14 Å². The third-order valence-corrected chi connectivity index (χ3v) is 4.76. The number of carbonyl (C=O) groups excluding carboxylic acids is 1. The van der Waals surface area contributed by atoms with E-state index in [0.29, 0.717) is 5.69 Å². The molecule has 0 aromatic heterocycles. The van der Waals surface area contributed by atoms with Crippen molar-refractivity contribution in [2.75, 3.05) is 18.6 Å². The highest BCUT2D eigenvalue weighted by molar-refractivity contribution is 7.89. The van der Waals surface area contributed by atoms with Gasteiger partial charge in [-0.3, -0.25) is 4.79 Å². The zero-order valence-corrected chi connectivity index (χ0v) is 12.5. The highest BCUT2D eigenvalue weighted by Crippen LogP contribution is 2.31. The largest absolute Gasteiger partial charge is 0.496 e. The van der Waals surface area contributed by atoms with E-state index in [4.69, 9.17) is 9.88 Å². The van der Waals surface area contributed by atoms with Gasteiger partial charge in [-0.25, -0.2) is 13.6 Å². The molecule has 1 aliphatic heterocycles. The molecule has 0 radical (unpaired) electrons. The Morgan fingerprint density at radius 3 is 2.25 bits per heavy atom. The number of nitrogens with zero attached hydrogens (tertiary/aromatic N) is 1. The van der Waals surface area contributed by atoms with Crippen LogP contribution in [0.1, 0.15) is 17.5 Å². The standard InChI is InChI=1S/C13H18N2O4S/c1-8-4-10(5-9(2)13(8)19-3)15-7-11(6-12(15)16)20(14,17)18/h4-5,11H,6-7H2,1-3H3,(H2,14,17,18). The first-order valence-electron chi connectivity index (χ1n) is 6.21. The fourth-order valence-electron chi connectivity index (χ4n) is 2.55. The van der Waals surface area contributed by atoms with Crippen molar-refractivity contribution >= 4 is 21.6 Å². The number of methoxy groups -OCH3 is 1. The second kappa shape index (κ2) is 5.06. The zero-order chi connectivity index (χ0) is 15.1. The predicted molar refractivity (Wildman–Crippen MR) is 76.3 cm³/mol. The van der Waals surface area contributed by atoms with E-state index in [1.807, 2.05) is 26.0 Å². The Balaban J connectivity index is 2.36. The van der Waals surface area contributed by atoms with Crippen molar-refractivity contribution < 1.29 is 17.9 Å². The second-order valence-corrected chi connectivity index (χ2v) is 6.88. The number of benzene rings is 1. The molecule has 1 aromatic carbocycles. The van der Waals surface area contributed by atoms with Gasteiger partial charge >= 0.3 is 0 Å². The van der Waals surface area contributed by atoms with Crippen molar-refractivity contribution in [2.45, 2.75) is 25.5 Å². The first kappa shape index (κ1) is 14.8. The Morgan fingerprint density at radius 2 is 1.85 bits per heavy atom. The van der Waals surface area contributed by atoms with Crippen LogP contribution in [0.15, 0.2) is 12.1 Å². The molecule has 2 N–H and O–H groups in total. The van der Waals surface area contributed by atoms with Crippen molar-refractivity contribution in [1.82, 2.24) is 0 Å². The maximum absolute atomic E-state index is 12.0. The van der Waals surface area contributed by atoms with E-state index in [0.717, 1.165) is 16.9 Å². The number of primary sulfonamides is 1. The van der Waals surface area contributed by atoms with Gasteiger partial charge in [0, 0.05) is 18.7 Å². The molecule has 6 nitrogen and oxygen atoms in total. The minimum Gasteiger partial charge on any atom is -0.496 e. The lowest BCUT2D eigenvalue weighted by atomic mass is 10.1. The highest BCUT2D eigenvalue weighted by Gasteiger charge is 2.37. The van der Waals surface area contributed by atoms with Gasteiger partial charge in [-0.15, -0.1) is 0 Å². The Morgan fingerprint density at radius 1 is 1.30 bits per heavy atom. The summed E-state index contributed by atoms with van der Waals surface area (Å²) < 4.78 is 28.0. The number of rotatable bonds is 3. The minimum atomic E-state index is -3.70. The number of nitrogens with two attached hydrogens (primary N) is 1. The minimum absolute atomic E-state index is 0.0665. The summed E-state index contributed by atoms with van der Waals surface area (Å²) in [4.78, 5) is 13.5. The second-order valence-electron chi connectivity index (χ2n) is 5.03. The van der Waals surface area contributed by atoms with Crippen LogP contribution in [0.5, 0.6) is 5.75 Å². The first-order chi connectivity index (χ1) is 9.24. The summed E-state index contributed by atoms with van der Waals surface area (Å²) in [5, 5.41) is 4.29. The van der Waals surface area contributed by atoms with Crippen LogP contribution in [0, 0.1) is 13.8 Å². The average Bonchev–Trinajstić information content (AvgIpc) is 2.70. The van der Waals surface area contributed by atoms with E-state index in [1.54, 1.807) is 7.11 Å². The summed E-state index contributed by atoms with van der Waals surface area (Å²) in [5.41, 5.74) is 2.47. The van der Waals surface area contributed by atoms with Crippen LogP contribution < -0.4 is 14.8 Å². The molecule has 7 heteroatoms. The molecule has 1 aromatic rings. The molecule has 1 heterocycles. The molecule has 1 unspecified atom stereocenters. The van der Waals surface area contributed by atoms with Crippen molar-refractivity contribution in [3.05, 3.63) is 23.3 Å². The fraction of sp³-hybridized carbons (Fsp3) is 0.462. The van der Waals surface area contributed by atoms with Gasteiger partial charge in [0.1, 0.15) is 11.0 Å². The highest BCUT2D eigenvalue weighted by atomic mass is 32.2. The van der Waals surface area contributed by atoms with Gasteiger partial charge in [0.15, 0.2) is 0 Å². The third kappa shape index (κ3) is 2.64. The zero-order valence-electron chi connectivity index (χ0n) is 11.7. The maximum atomic E-state index is 12.0. The summed E-state index contributed by atoms with van der Waals surface area (Å²) in [6.07, 6.45) is -0.0665. The van der Waals surface area contributed by atoms with E-state index in [9.17, 15) is 13.2 Å². The molecule has 1 fully saturated rings. The van der Waals surface area contributed by atoms with Crippen molar-refractivity contribution in [1.29, 1.82) is 0 Å². The predicted octanol–water partition coefficient (Wildman–Crippen LogP) is 0.706. The van der Waals surface area contributed by atoms with Crippen LogP contribution in [-0.4, -0.2) is 33.2 Å². The van der Waals surface area contributed by atoms with Crippen molar-refractivity contribution in [3.63, 3.8) is 0 Å². The molecule has 2 rings (SSSR count). The molecule has 0 bridgehead atoms. The number of amides is 1. The van der Waals surface area contributed by atoms with E-state index in [2.05, 4.69) is 0 Å². The first-order valence-corrected chi connectivity index (χ1v) is 7.82. The van der Waals surface area contributed by atoms with Crippen LogP contribution in [0.3, 0.4) is 0 Å². The van der Waals surface area contributed by atoms with Crippen LogP contribution in [0.4, 0.5) is 5.69 Å². The lowest BCUT2D eigenvalue weighted by molar-refractivity contribution is -0.117. The number of sulfonamides is 1. The van der Waals surface area contributed by atoms with E-state index < -0.39 is 15.3 Å². The normalized spacial score (nSPS) is 19.5. The summed E-state index contributed by atoms with van der Waals surface area (Å²) in [6.45, 7) is 3.86. The molecule has 1 amide bonds. The molecular formula is C13H18N2O4S. The van der Waals surface area contributed by atoms with Gasteiger partial charge in [-0.05, 0) is 37.1 Å². The number of anilines is 1. The van der Waals surface area contributed by atoms with E-state index >= 15 is 0 Å². The monoisotopic (exact) mass is 298 g/mol. The summed E-state index contributed by atoms with van der Waals surface area (Å²) in [7, 11) is -2.11. The molecule has 1 atom stereocenters. The summed E-state index contributed by atoms with van der Waals surface area (Å²) in [6, 6.07) is 3.63. The number of hydrogen-bond acceptors (Lipinski definition) is 4.